The number of nitrogens with zero attached hydrogens (tertiary/aromatic N) is 5. The largest absolute Gasteiger partial charge is 0.225 e. The van der Waals surface area contributed by atoms with Crippen molar-refractivity contribution in [3.05, 3.63) is 54.6 Å². The Hall–Kier alpha value is -3.21. The van der Waals surface area contributed by atoms with Crippen molar-refractivity contribution in [1.82, 2.24) is 25.6 Å². The fraction of sp³-hybridized carbons (Fsp3) is 0. The first-order chi connectivity index (χ1) is 10.9. The molecule has 5 rings (SSSR count). The molecular weight excluding hydrogens is 274 g/mol. The standard InChI is InChI=1S/C17H9N5/c1-2-4-11-6-13-8-15-14(7-12(13)5-10(11)3-1)9-16-17(18-15)20-22-21-19-16/h1-9H. The van der Waals surface area contributed by atoms with Crippen molar-refractivity contribution in [2.75, 3.05) is 0 Å². The van der Waals surface area contributed by atoms with Gasteiger partial charge in [-0.05, 0) is 62.3 Å². The fourth-order valence-corrected chi connectivity index (χ4v) is 2.87. The number of aromatic nitrogens is 5. The molecule has 0 atom stereocenters. The zero-order chi connectivity index (χ0) is 14.5. The maximum absolute atomic E-state index is 4.53. The lowest BCUT2D eigenvalue weighted by atomic mass is 10.0. The Morgan fingerprint density at radius 1 is 0.545 bits per heavy atom. The number of fused-ring (bicyclic) bond motifs is 4. The lowest BCUT2D eigenvalue weighted by Gasteiger charge is -2.05. The Kier molecular flexibility index (Phi) is 2.16. The van der Waals surface area contributed by atoms with Crippen LogP contribution in [0.5, 0.6) is 0 Å². The van der Waals surface area contributed by atoms with Gasteiger partial charge in [-0.2, -0.15) is 0 Å². The van der Waals surface area contributed by atoms with Crippen LogP contribution in [0.4, 0.5) is 0 Å². The van der Waals surface area contributed by atoms with Crippen molar-refractivity contribution in [3.8, 4) is 0 Å². The van der Waals surface area contributed by atoms with Crippen LogP contribution in [0.1, 0.15) is 0 Å². The number of hydrogen-bond acceptors (Lipinski definition) is 5. The molecule has 3 aromatic carbocycles. The number of pyridine rings is 1. The first kappa shape index (κ1) is 11.4. The molecule has 22 heavy (non-hydrogen) atoms. The highest BCUT2D eigenvalue weighted by Gasteiger charge is 2.05. The Bertz CT molecular complexity index is 999. The van der Waals surface area contributed by atoms with Gasteiger partial charge >= 0.3 is 0 Å². The molecule has 0 radical (unpaired) electrons. The van der Waals surface area contributed by atoms with Crippen LogP contribution in [-0.4, -0.2) is 25.6 Å². The van der Waals surface area contributed by atoms with Crippen LogP contribution in [0, 0.1) is 0 Å². The molecule has 5 nitrogen and oxygen atoms in total. The van der Waals surface area contributed by atoms with Crippen molar-refractivity contribution in [1.29, 1.82) is 0 Å². The summed E-state index contributed by atoms with van der Waals surface area (Å²) in [6.45, 7) is 0. The molecule has 0 unspecified atom stereocenters. The van der Waals surface area contributed by atoms with E-state index in [0.29, 0.717) is 11.2 Å². The van der Waals surface area contributed by atoms with Crippen LogP contribution in [0.2, 0.25) is 0 Å². The highest BCUT2D eigenvalue weighted by Crippen LogP contribution is 2.27. The summed E-state index contributed by atoms with van der Waals surface area (Å²) in [5, 5.41) is 20.8. The zero-order valence-electron chi connectivity index (χ0n) is 11.4. The first-order valence-electron chi connectivity index (χ1n) is 6.96. The molecule has 0 aliphatic heterocycles. The maximum Gasteiger partial charge on any atom is 0.204 e. The zero-order valence-corrected chi connectivity index (χ0v) is 11.4. The molecule has 0 spiro atoms. The number of rotatable bonds is 0. The number of benzene rings is 3. The van der Waals surface area contributed by atoms with Crippen LogP contribution in [-0.2, 0) is 0 Å². The molecular formula is C17H9N5. The van der Waals surface area contributed by atoms with Crippen LogP contribution in [0.15, 0.2) is 54.6 Å². The van der Waals surface area contributed by atoms with Crippen molar-refractivity contribution in [2.45, 2.75) is 0 Å². The summed E-state index contributed by atoms with van der Waals surface area (Å²) in [7, 11) is 0. The van der Waals surface area contributed by atoms with E-state index < -0.39 is 0 Å². The van der Waals surface area contributed by atoms with Crippen molar-refractivity contribution in [3.63, 3.8) is 0 Å². The predicted molar refractivity (Wildman–Crippen MR) is 85.4 cm³/mol. The van der Waals surface area contributed by atoms with Gasteiger partial charge in [0.2, 0.25) is 5.65 Å². The maximum atomic E-state index is 4.53. The normalized spacial score (nSPS) is 11.6. The third-order valence-corrected chi connectivity index (χ3v) is 3.93. The van der Waals surface area contributed by atoms with E-state index in [9.17, 15) is 0 Å². The molecule has 0 saturated carbocycles. The van der Waals surface area contributed by atoms with E-state index in [2.05, 4.69) is 74.1 Å². The highest BCUT2D eigenvalue weighted by molar-refractivity contribution is 6.05. The summed E-state index contributed by atoms with van der Waals surface area (Å²) in [6, 6.07) is 18.9. The number of hydrogen-bond donors (Lipinski definition) is 0. The van der Waals surface area contributed by atoms with E-state index in [4.69, 9.17) is 0 Å². The second-order valence-electron chi connectivity index (χ2n) is 5.30. The Morgan fingerprint density at radius 2 is 1.18 bits per heavy atom. The highest BCUT2D eigenvalue weighted by atomic mass is 15.4. The van der Waals surface area contributed by atoms with Crippen molar-refractivity contribution >= 4 is 43.6 Å². The topological polar surface area (TPSA) is 64.5 Å². The van der Waals surface area contributed by atoms with Crippen molar-refractivity contribution < 1.29 is 0 Å². The summed E-state index contributed by atoms with van der Waals surface area (Å²) in [5.41, 5.74) is 2.06. The van der Waals surface area contributed by atoms with Crippen molar-refractivity contribution in [2.24, 2.45) is 0 Å². The summed E-state index contributed by atoms with van der Waals surface area (Å²) >= 11 is 0. The second-order valence-corrected chi connectivity index (χ2v) is 5.30. The van der Waals surface area contributed by atoms with Gasteiger partial charge in [0.15, 0.2) is 0 Å². The summed E-state index contributed by atoms with van der Waals surface area (Å²) in [5.74, 6) is 0. The van der Waals surface area contributed by atoms with Gasteiger partial charge in [0.1, 0.15) is 5.52 Å². The molecule has 5 aromatic rings. The Balaban J connectivity index is 1.93. The molecule has 0 fully saturated rings. The van der Waals surface area contributed by atoms with E-state index in [1.54, 1.807) is 0 Å². The molecule has 0 bridgehead atoms. The Morgan fingerprint density at radius 3 is 2.00 bits per heavy atom. The van der Waals surface area contributed by atoms with E-state index in [1.807, 2.05) is 6.07 Å². The summed E-state index contributed by atoms with van der Waals surface area (Å²) < 4.78 is 0. The molecule has 0 N–H and O–H groups in total. The monoisotopic (exact) mass is 283 g/mol. The summed E-state index contributed by atoms with van der Waals surface area (Å²) in [4.78, 5) is 4.53. The van der Waals surface area contributed by atoms with Crippen LogP contribution in [0.25, 0.3) is 43.6 Å². The van der Waals surface area contributed by atoms with Gasteiger partial charge in [0.25, 0.3) is 0 Å². The van der Waals surface area contributed by atoms with Gasteiger partial charge in [-0.15, -0.1) is 10.2 Å². The van der Waals surface area contributed by atoms with E-state index in [1.165, 1.54) is 16.2 Å². The third kappa shape index (κ3) is 1.62. The second kappa shape index (κ2) is 4.14. The van der Waals surface area contributed by atoms with Gasteiger partial charge in [-0.1, -0.05) is 24.3 Å². The molecule has 5 heteroatoms. The van der Waals surface area contributed by atoms with Gasteiger partial charge in [0, 0.05) is 5.39 Å². The minimum atomic E-state index is 0.516. The molecule has 2 heterocycles. The van der Waals surface area contributed by atoms with E-state index in [-0.39, 0.29) is 0 Å². The molecule has 102 valence electrons. The smallest absolute Gasteiger partial charge is 0.204 e. The molecule has 2 aromatic heterocycles. The molecule has 0 aliphatic rings. The van der Waals surface area contributed by atoms with Gasteiger partial charge in [-0.3, -0.25) is 0 Å². The molecule has 0 saturated heterocycles. The predicted octanol–water partition coefficient (Wildman–Crippen LogP) is 3.27. The SMILES string of the molecule is c1ccc2cc3cc4nc5nnnnc5cc4cc3cc2c1. The Labute approximate surface area is 124 Å². The molecule has 0 amide bonds. The minimum Gasteiger partial charge on any atom is -0.225 e. The average molecular weight is 283 g/mol. The van der Waals surface area contributed by atoms with Gasteiger partial charge in [-0.25, -0.2) is 4.98 Å². The van der Waals surface area contributed by atoms with E-state index in [0.717, 1.165) is 16.3 Å². The molecule has 0 aliphatic carbocycles. The minimum absolute atomic E-state index is 0.516. The average Bonchev–Trinajstić information content (AvgIpc) is 2.56. The van der Waals surface area contributed by atoms with Crippen LogP contribution < -0.4 is 0 Å². The quantitative estimate of drug-likeness (QED) is 0.408. The summed E-state index contributed by atoms with van der Waals surface area (Å²) in [6.07, 6.45) is 0. The third-order valence-electron chi connectivity index (χ3n) is 3.93. The van der Waals surface area contributed by atoms with Gasteiger partial charge < -0.3 is 0 Å². The van der Waals surface area contributed by atoms with E-state index >= 15 is 0 Å². The fourth-order valence-electron chi connectivity index (χ4n) is 2.87. The lowest BCUT2D eigenvalue weighted by molar-refractivity contribution is 0.792. The van der Waals surface area contributed by atoms with Crippen LogP contribution >= 0.6 is 0 Å². The van der Waals surface area contributed by atoms with Crippen LogP contribution in [0.3, 0.4) is 0 Å². The lowest BCUT2D eigenvalue weighted by Crippen LogP contribution is -1.95. The first-order valence-corrected chi connectivity index (χ1v) is 6.96. The van der Waals surface area contributed by atoms with Gasteiger partial charge in [0.05, 0.1) is 5.52 Å².